The lowest BCUT2D eigenvalue weighted by Crippen LogP contribution is -2.53. The quantitative estimate of drug-likeness (QED) is 0.857. The Morgan fingerprint density at radius 1 is 1.09 bits per heavy atom. The molecule has 0 radical (unpaired) electrons. The van der Waals surface area contributed by atoms with Crippen LogP contribution in [0.4, 0.5) is 18.9 Å². The van der Waals surface area contributed by atoms with Crippen LogP contribution in [0.2, 0.25) is 0 Å². The minimum Gasteiger partial charge on any atom is -0.340 e. The van der Waals surface area contributed by atoms with Crippen molar-refractivity contribution >= 4 is 17.5 Å². The number of rotatable bonds is 3. The van der Waals surface area contributed by atoms with Crippen LogP contribution in [0, 0.1) is 17.5 Å². The van der Waals surface area contributed by atoms with E-state index in [-0.39, 0.29) is 5.91 Å². The van der Waals surface area contributed by atoms with Crippen molar-refractivity contribution in [2.75, 3.05) is 31.5 Å². The molecule has 1 N–H and O–H groups in total. The van der Waals surface area contributed by atoms with Crippen LogP contribution < -0.4 is 5.32 Å². The van der Waals surface area contributed by atoms with E-state index in [1.165, 1.54) is 6.92 Å². The molecule has 1 fully saturated rings. The summed E-state index contributed by atoms with van der Waals surface area (Å²) in [4.78, 5) is 26.9. The van der Waals surface area contributed by atoms with Crippen molar-refractivity contribution in [1.82, 2.24) is 9.80 Å². The van der Waals surface area contributed by atoms with Crippen LogP contribution in [-0.4, -0.2) is 53.8 Å². The Labute approximate surface area is 132 Å². The van der Waals surface area contributed by atoms with Gasteiger partial charge in [0.25, 0.3) is 0 Å². The van der Waals surface area contributed by atoms with Gasteiger partial charge >= 0.3 is 0 Å². The molecule has 1 aliphatic rings. The van der Waals surface area contributed by atoms with E-state index in [1.807, 2.05) is 4.90 Å². The maximum absolute atomic E-state index is 13.6. The second-order valence-corrected chi connectivity index (χ2v) is 5.43. The molecule has 5 nitrogen and oxygen atoms in total. The summed E-state index contributed by atoms with van der Waals surface area (Å²) in [6.07, 6.45) is 0. The first-order valence-electron chi connectivity index (χ1n) is 7.25. The van der Waals surface area contributed by atoms with Gasteiger partial charge in [-0.2, -0.15) is 0 Å². The standard InChI is InChI=1S/C15H18F3N3O2/c1-9(20-5-7-21(8-6-20)10(2)22)15(23)19-12-4-3-11(16)13(17)14(12)18/h3-4,9H,5-8H2,1-2H3,(H,19,23)/t9-/m1/s1. The van der Waals surface area contributed by atoms with Crippen LogP contribution in [0.3, 0.4) is 0 Å². The first-order chi connectivity index (χ1) is 10.8. The highest BCUT2D eigenvalue weighted by atomic mass is 19.2. The number of carbonyl (C=O) groups is 2. The number of carbonyl (C=O) groups excluding carboxylic acids is 2. The van der Waals surface area contributed by atoms with Crippen molar-refractivity contribution in [3.63, 3.8) is 0 Å². The molecule has 0 unspecified atom stereocenters. The van der Waals surface area contributed by atoms with Gasteiger partial charge in [0, 0.05) is 33.1 Å². The summed E-state index contributed by atoms with van der Waals surface area (Å²) in [5.74, 6) is -4.90. The largest absolute Gasteiger partial charge is 0.340 e. The van der Waals surface area contributed by atoms with Crippen molar-refractivity contribution in [2.45, 2.75) is 19.9 Å². The average Bonchev–Trinajstić information content (AvgIpc) is 2.54. The predicted molar refractivity (Wildman–Crippen MR) is 78.2 cm³/mol. The van der Waals surface area contributed by atoms with Crippen LogP contribution >= 0.6 is 0 Å². The van der Waals surface area contributed by atoms with Gasteiger partial charge in [-0.15, -0.1) is 0 Å². The zero-order chi connectivity index (χ0) is 17.1. The summed E-state index contributed by atoms with van der Waals surface area (Å²) >= 11 is 0. The number of benzene rings is 1. The molecule has 2 amide bonds. The molecule has 8 heteroatoms. The van der Waals surface area contributed by atoms with E-state index < -0.39 is 35.1 Å². The topological polar surface area (TPSA) is 52.7 Å². The Hall–Kier alpha value is -2.09. The third-order valence-electron chi connectivity index (χ3n) is 3.98. The molecule has 126 valence electrons. The first-order valence-corrected chi connectivity index (χ1v) is 7.25. The molecule has 0 aromatic heterocycles. The van der Waals surface area contributed by atoms with E-state index in [4.69, 9.17) is 0 Å². The second-order valence-electron chi connectivity index (χ2n) is 5.43. The van der Waals surface area contributed by atoms with Crippen molar-refractivity contribution in [3.8, 4) is 0 Å². The fourth-order valence-corrected chi connectivity index (χ4v) is 2.45. The lowest BCUT2D eigenvalue weighted by atomic mass is 10.2. The number of amides is 2. The van der Waals surface area contributed by atoms with Gasteiger partial charge in [0.2, 0.25) is 11.8 Å². The van der Waals surface area contributed by atoms with Crippen LogP contribution in [0.25, 0.3) is 0 Å². The van der Waals surface area contributed by atoms with Crippen molar-refractivity contribution in [1.29, 1.82) is 0 Å². The lowest BCUT2D eigenvalue weighted by molar-refractivity contribution is -0.131. The van der Waals surface area contributed by atoms with E-state index in [1.54, 1.807) is 11.8 Å². The smallest absolute Gasteiger partial charge is 0.241 e. The number of anilines is 1. The number of piperazine rings is 1. The fourth-order valence-electron chi connectivity index (χ4n) is 2.45. The zero-order valence-electron chi connectivity index (χ0n) is 12.9. The van der Waals surface area contributed by atoms with Gasteiger partial charge in [-0.3, -0.25) is 14.5 Å². The van der Waals surface area contributed by atoms with Gasteiger partial charge in [-0.1, -0.05) is 0 Å². The molecule has 1 atom stereocenters. The zero-order valence-corrected chi connectivity index (χ0v) is 12.9. The molecule has 1 saturated heterocycles. The van der Waals surface area contributed by atoms with Gasteiger partial charge in [-0.25, -0.2) is 13.2 Å². The van der Waals surface area contributed by atoms with Crippen molar-refractivity contribution in [3.05, 3.63) is 29.6 Å². The summed E-state index contributed by atoms with van der Waals surface area (Å²) in [5, 5.41) is 2.27. The molecular weight excluding hydrogens is 311 g/mol. The molecule has 0 saturated carbocycles. The Morgan fingerprint density at radius 3 is 2.26 bits per heavy atom. The molecule has 23 heavy (non-hydrogen) atoms. The number of halogens is 3. The molecule has 1 aliphatic heterocycles. The Bertz CT molecular complexity index is 616. The van der Waals surface area contributed by atoms with Crippen LogP contribution in [0.5, 0.6) is 0 Å². The van der Waals surface area contributed by atoms with Gasteiger partial charge in [0.15, 0.2) is 17.5 Å². The number of hydrogen-bond donors (Lipinski definition) is 1. The minimum atomic E-state index is -1.62. The van der Waals surface area contributed by atoms with E-state index in [9.17, 15) is 22.8 Å². The van der Waals surface area contributed by atoms with Crippen molar-refractivity contribution < 1.29 is 22.8 Å². The highest BCUT2D eigenvalue weighted by molar-refractivity contribution is 5.94. The normalized spacial score (nSPS) is 17.0. The molecule has 1 aromatic carbocycles. The summed E-state index contributed by atoms with van der Waals surface area (Å²) in [5.41, 5.74) is -0.400. The van der Waals surface area contributed by atoms with Gasteiger partial charge in [0.1, 0.15) is 0 Å². The van der Waals surface area contributed by atoms with E-state index in [0.717, 1.165) is 12.1 Å². The van der Waals surface area contributed by atoms with Crippen LogP contribution in [0.15, 0.2) is 12.1 Å². The lowest BCUT2D eigenvalue weighted by Gasteiger charge is -2.37. The molecule has 0 bridgehead atoms. The SMILES string of the molecule is CC(=O)N1CCN([C@H](C)C(=O)Nc2ccc(F)c(F)c2F)CC1. The van der Waals surface area contributed by atoms with Gasteiger partial charge in [-0.05, 0) is 19.1 Å². The molecule has 0 aliphatic carbocycles. The third kappa shape index (κ3) is 3.82. The van der Waals surface area contributed by atoms with Gasteiger partial charge in [0.05, 0.1) is 11.7 Å². The Morgan fingerprint density at radius 2 is 1.70 bits per heavy atom. The number of nitrogens with zero attached hydrogens (tertiary/aromatic N) is 2. The summed E-state index contributed by atoms with van der Waals surface area (Å²) < 4.78 is 39.6. The van der Waals surface area contributed by atoms with Gasteiger partial charge < -0.3 is 10.2 Å². The molecular formula is C15H18F3N3O2. The molecule has 2 rings (SSSR count). The van der Waals surface area contributed by atoms with E-state index in [2.05, 4.69) is 5.32 Å². The van der Waals surface area contributed by atoms with Crippen molar-refractivity contribution in [2.24, 2.45) is 0 Å². The average molecular weight is 329 g/mol. The first kappa shape index (κ1) is 17.3. The Kier molecular flexibility index (Phi) is 5.25. The minimum absolute atomic E-state index is 0.0226. The monoisotopic (exact) mass is 329 g/mol. The Balaban J connectivity index is 1.99. The van der Waals surface area contributed by atoms with Crippen LogP contribution in [-0.2, 0) is 9.59 Å². The number of nitrogens with one attached hydrogen (secondary N) is 1. The third-order valence-corrected chi connectivity index (χ3v) is 3.98. The molecule has 0 spiro atoms. The summed E-state index contributed by atoms with van der Waals surface area (Å²) in [7, 11) is 0. The molecule has 1 aromatic rings. The highest BCUT2D eigenvalue weighted by Gasteiger charge is 2.27. The highest BCUT2D eigenvalue weighted by Crippen LogP contribution is 2.20. The number of hydrogen-bond acceptors (Lipinski definition) is 3. The van der Waals surface area contributed by atoms with Crippen LogP contribution in [0.1, 0.15) is 13.8 Å². The van der Waals surface area contributed by atoms with E-state index >= 15 is 0 Å². The van der Waals surface area contributed by atoms with E-state index in [0.29, 0.717) is 26.2 Å². The second kappa shape index (κ2) is 6.99. The maximum atomic E-state index is 13.6. The molecule has 1 heterocycles. The summed E-state index contributed by atoms with van der Waals surface area (Å²) in [6.45, 7) is 5.15. The summed E-state index contributed by atoms with van der Waals surface area (Å²) in [6, 6.07) is 1.15. The fraction of sp³-hybridized carbons (Fsp3) is 0.467. The predicted octanol–water partition coefficient (Wildman–Crippen LogP) is 1.59. The maximum Gasteiger partial charge on any atom is 0.241 e.